The molecule has 24 heavy (non-hydrogen) atoms. The number of rotatable bonds is 7. The molecule has 0 heterocycles. The zero-order valence-corrected chi connectivity index (χ0v) is 16.8. The Kier molecular flexibility index (Phi) is 5.90. The summed E-state index contributed by atoms with van der Waals surface area (Å²) in [7, 11) is -0.000825. The maximum Gasteiger partial charge on any atom is 0.184 e. The molecule has 0 saturated heterocycles. The number of hydrogen-bond donors (Lipinski definition) is 0. The Hall–Kier alpha value is -0.753. The molecule has 1 fully saturated rings. The van der Waals surface area contributed by atoms with E-state index >= 15 is 0 Å². The molecular formula is C19H32O4Si. The Bertz CT molecular complexity index is 522. The maximum absolute atomic E-state index is 11.7. The van der Waals surface area contributed by atoms with E-state index in [1.54, 1.807) is 13.2 Å². The topological polar surface area (TPSA) is 44.8 Å². The smallest absolute Gasteiger partial charge is 0.184 e. The number of hydrogen-bond acceptors (Lipinski definition) is 4. The number of allylic oxidation sites excluding steroid dienone is 1. The van der Waals surface area contributed by atoms with Gasteiger partial charge in [-0.15, -0.1) is 0 Å². The van der Waals surface area contributed by atoms with E-state index in [0.29, 0.717) is 13.0 Å². The third-order valence-electron chi connectivity index (χ3n) is 5.57. The molecule has 0 unspecified atom stereocenters. The fourth-order valence-corrected chi connectivity index (χ4v) is 5.16. The van der Waals surface area contributed by atoms with Crippen LogP contribution >= 0.6 is 0 Å². The SMILES string of the molecule is C=C1[C@H](O[Si](C)(C)C)CC[C@]1(C)[C@@]1(COCOC)C=CC(=O)CC1. The van der Waals surface area contributed by atoms with Crippen molar-refractivity contribution in [1.82, 2.24) is 0 Å². The van der Waals surface area contributed by atoms with Crippen molar-refractivity contribution in [1.29, 1.82) is 0 Å². The van der Waals surface area contributed by atoms with Gasteiger partial charge in [-0.05, 0) is 50.6 Å². The van der Waals surface area contributed by atoms with Gasteiger partial charge >= 0.3 is 0 Å². The van der Waals surface area contributed by atoms with E-state index in [1.165, 1.54) is 0 Å². The molecule has 1 saturated carbocycles. The summed E-state index contributed by atoms with van der Waals surface area (Å²) >= 11 is 0. The zero-order chi connectivity index (χ0) is 18.0. The third kappa shape index (κ3) is 3.90. The van der Waals surface area contributed by atoms with Gasteiger partial charge in [-0.3, -0.25) is 4.79 Å². The first-order chi connectivity index (χ1) is 11.1. The predicted molar refractivity (Wildman–Crippen MR) is 98.3 cm³/mol. The van der Waals surface area contributed by atoms with E-state index in [0.717, 1.165) is 24.8 Å². The number of carbonyl (C=O) groups is 1. The van der Waals surface area contributed by atoms with Crippen LogP contribution in [0.25, 0.3) is 0 Å². The van der Waals surface area contributed by atoms with Crippen molar-refractivity contribution >= 4 is 14.1 Å². The normalized spacial score (nSPS) is 34.1. The molecule has 2 aliphatic carbocycles. The molecule has 0 amide bonds. The van der Waals surface area contributed by atoms with Crippen LogP contribution in [0.4, 0.5) is 0 Å². The van der Waals surface area contributed by atoms with Gasteiger partial charge in [-0.2, -0.15) is 0 Å². The molecule has 0 aliphatic heterocycles. The fourth-order valence-electron chi connectivity index (χ4n) is 4.05. The summed E-state index contributed by atoms with van der Waals surface area (Å²) in [6, 6.07) is 0. The van der Waals surface area contributed by atoms with Crippen molar-refractivity contribution in [3.8, 4) is 0 Å². The van der Waals surface area contributed by atoms with Crippen LogP contribution in [0.15, 0.2) is 24.3 Å². The Balaban J connectivity index is 2.27. The van der Waals surface area contributed by atoms with Crippen molar-refractivity contribution in [2.75, 3.05) is 20.5 Å². The Morgan fingerprint density at radius 1 is 1.33 bits per heavy atom. The van der Waals surface area contributed by atoms with Gasteiger partial charge in [-0.1, -0.05) is 19.6 Å². The lowest BCUT2D eigenvalue weighted by atomic mass is 9.58. The average molecular weight is 353 g/mol. The molecule has 5 heteroatoms. The molecule has 0 spiro atoms. The van der Waals surface area contributed by atoms with Gasteiger partial charge in [0.05, 0.1) is 12.7 Å². The summed E-state index contributed by atoms with van der Waals surface area (Å²) in [6.45, 7) is 14.1. The minimum atomic E-state index is -1.63. The highest BCUT2D eigenvalue weighted by molar-refractivity contribution is 6.69. The first kappa shape index (κ1) is 19.6. The van der Waals surface area contributed by atoms with E-state index < -0.39 is 8.32 Å². The second-order valence-electron chi connectivity index (χ2n) is 8.33. The van der Waals surface area contributed by atoms with Crippen LogP contribution in [0.1, 0.15) is 32.6 Å². The molecule has 0 bridgehead atoms. The van der Waals surface area contributed by atoms with Crippen LogP contribution in [-0.4, -0.2) is 40.7 Å². The van der Waals surface area contributed by atoms with Gasteiger partial charge in [-0.25, -0.2) is 0 Å². The second kappa shape index (κ2) is 7.24. The summed E-state index contributed by atoms with van der Waals surface area (Å²) < 4.78 is 17.2. The molecule has 2 rings (SSSR count). The van der Waals surface area contributed by atoms with Gasteiger partial charge in [0.2, 0.25) is 0 Å². The monoisotopic (exact) mass is 352 g/mol. The molecule has 0 N–H and O–H groups in total. The van der Waals surface area contributed by atoms with Crippen molar-refractivity contribution in [2.24, 2.45) is 10.8 Å². The molecule has 0 aromatic rings. The molecule has 136 valence electrons. The largest absolute Gasteiger partial charge is 0.411 e. The van der Waals surface area contributed by atoms with E-state index in [2.05, 4.69) is 39.2 Å². The van der Waals surface area contributed by atoms with E-state index in [1.807, 2.05) is 0 Å². The number of carbonyl (C=O) groups excluding carboxylic acids is 1. The molecular weight excluding hydrogens is 320 g/mol. The van der Waals surface area contributed by atoms with Crippen LogP contribution in [0.5, 0.6) is 0 Å². The van der Waals surface area contributed by atoms with Crippen molar-refractivity contribution < 1.29 is 18.7 Å². The number of methoxy groups -OCH3 is 1. The lowest BCUT2D eigenvalue weighted by Crippen LogP contribution is -2.45. The minimum absolute atomic E-state index is 0.118. The number of ketones is 1. The first-order valence-corrected chi connectivity index (χ1v) is 12.2. The van der Waals surface area contributed by atoms with Crippen LogP contribution in [0, 0.1) is 10.8 Å². The van der Waals surface area contributed by atoms with E-state index in [9.17, 15) is 4.79 Å². The standard InChI is InChI=1S/C19H32O4Si/c1-15-17(23-24(4,5)6)9-10-18(15,2)19(13-22-14-21-3)11-7-16(20)8-12-19/h7,11,17H,1,8-10,12-14H2,2-6H3/t17-,18+,19+/m1/s1. The molecule has 4 nitrogen and oxygen atoms in total. The third-order valence-corrected chi connectivity index (χ3v) is 6.56. The van der Waals surface area contributed by atoms with Gasteiger partial charge in [0.25, 0.3) is 0 Å². The van der Waals surface area contributed by atoms with Gasteiger partial charge < -0.3 is 13.9 Å². The van der Waals surface area contributed by atoms with Crippen LogP contribution in [-0.2, 0) is 18.7 Å². The van der Waals surface area contributed by atoms with Crippen molar-refractivity contribution in [2.45, 2.75) is 58.4 Å². The quantitative estimate of drug-likeness (QED) is 0.300. The van der Waals surface area contributed by atoms with E-state index in [4.69, 9.17) is 13.9 Å². The molecule has 3 atom stereocenters. The van der Waals surface area contributed by atoms with Gasteiger partial charge in [0.1, 0.15) is 6.79 Å². The minimum Gasteiger partial charge on any atom is -0.411 e. The summed E-state index contributed by atoms with van der Waals surface area (Å²) in [4.78, 5) is 11.7. The summed E-state index contributed by atoms with van der Waals surface area (Å²) in [5.74, 6) is 0.194. The summed E-state index contributed by atoms with van der Waals surface area (Å²) in [5, 5.41) is 0. The highest BCUT2D eigenvalue weighted by Crippen LogP contribution is 2.58. The summed E-state index contributed by atoms with van der Waals surface area (Å²) in [6.07, 6.45) is 7.27. The average Bonchev–Trinajstić information content (AvgIpc) is 2.78. The van der Waals surface area contributed by atoms with Gasteiger partial charge in [0, 0.05) is 24.4 Å². The van der Waals surface area contributed by atoms with Crippen LogP contribution in [0.3, 0.4) is 0 Å². The molecule has 0 aromatic carbocycles. The highest BCUT2D eigenvalue weighted by Gasteiger charge is 2.54. The first-order valence-electron chi connectivity index (χ1n) is 8.79. The Labute approximate surface area is 147 Å². The van der Waals surface area contributed by atoms with Crippen LogP contribution < -0.4 is 0 Å². The Morgan fingerprint density at radius 3 is 2.58 bits per heavy atom. The lowest BCUT2D eigenvalue weighted by Gasteiger charge is -2.47. The second-order valence-corrected chi connectivity index (χ2v) is 12.8. The highest BCUT2D eigenvalue weighted by atomic mass is 28.4. The predicted octanol–water partition coefficient (Wildman–Crippen LogP) is 4.09. The fraction of sp³-hybridized carbons (Fsp3) is 0.737. The Morgan fingerprint density at radius 2 is 2.04 bits per heavy atom. The summed E-state index contributed by atoms with van der Waals surface area (Å²) in [5.41, 5.74) is 0.820. The zero-order valence-electron chi connectivity index (χ0n) is 15.8. The molecule has 2 aliphatic rings. The van der Waals surface area contributed by atoms with E-state index in [-0.39, 0.29) is 29.5 Å². The molecule has 0 aromatic heterocycles. The van der Waals surface area contributed by atoms with Crippen molar-refractivity contribution in [3.05, 3.63) is 24.3 Å². The lowest BCUT2D eigenvalue weighted by molar-refractivity contribution is -0.118. The van der Waals surface area contributed by atoms with Gasteiger partial charge in [0.15, 0.2) is 14.1 Å². The maximum atomic E-state index is 11.7. The van der Waals surface area contributed by atoms with Crippen molar-refractivity contribution in [3.63, 3.8) is 0 Å². The number of ether oxygens (including phenoxy) is 2. The van der Waals surface area contributed by atoms with Crippen LogP contribution in [0.2, 0.25) is 19.6 Å². The molecule has 0 radical (unpaired) electrons.